The van der Waals surface area contributed by atoms with Crippen molar-refractivity contribution >= 4 is 12.0 Å². The van der Waals surface area contributed by atoms with Gasteiger partial charge in [0.1, 0.15) is 0 Å². The Morgan fingerprint density at radius 1 is 1.27 bits per heavy atom. The highest BCUT2D eigenvalue weighted by Gasteiger charge is 2.33. The summed E-state index contributed by atoms with van der Waals surface area (Å²) in [7, 11) is 0. The van der Waals surface area contributed by atoms with E-state index in [0.717, 1.165) is 38.8 Å². The van der Waals surface area contributed by atoms with E-state index in [0.29, 0.717) is 6.42 Å². The van der Waals surface area contributed by atoms with Crippen molar-refractivity contribution in [2.24, 2.45) is 5.41 Å². The van der Waals surface area contributed by atoms with Gasteiger partial charge in [0.05, 0.1) is 0 Å². The standard InChI is InChI=1S/C19H27NO2/c1-2-19(16-21)12-14-20(15-13-19)18(22)11-7-6-10-17-8-4-3-5-9-17/h3-6,8-10,21H,2,7,11-16H2,1H3/b10-6+. The first-order valence-electron chi connectivity index (χ1n) is 8.29. The van der Waals surface area contributed by atoms with Gasteiger partial charge in [0.15, 0.2) is 0 Å². The van der Waals surface area contributed by atoms with Crippen LogP contribution in [0.5, 0.6) is 0 Å². The largest absolute Gasteiger partial charge is 0.396 e. The van der Waals surface area contributed by atoms with E-state index in [1.165, 1.54) is 5.56 Å². The zero-order valence-electron chi connectivity index (χ0n) is 13.5. The molecule has 1 aliphatic heterocycles. The number of carbonyl (C=O) groups excluding carboxylic acids is 1. The SMILES string of the molecule is CCC1(CO)CCN(C(=O)CC/C=C/c2ccccc2)CC1. The van der Waals surface area contributed by atoms with Crippen molar-refractivity contribution < 1.29 is 9.90 Å². The molecule has 0 atom stereocenters. The minimum absolute atomic E-state index is 0.0456. The maximum absolute atomic E-state index is 12.2. The summed E-state index contributed by atoms with van der Waals surface area (Å²) < 4.78 is 0. The van der Waals surface area contributed by atoms with E-state index in [-0.39, 0.29) is 17.9 Å². The summed E-state index contributed by atoms with van der Waals surface area (Å²) in [6, 6.07) is 10.1. The molecule has 1 aliphatic rings. The van der Waals surface area contributed by atoms with Gasteiger partial charge in [-0.25, -0.2) is 0 Å². The Kier molecular flexibility index (Phi) is 6.20. The molecule has 0 radical (unpaired) electrons. The molecule has 2 rings (SSSR count). The van der Waals surface area contributed by atoms with Gasteiger partial charge < -0.3 is 10.0 Å². The molecule has 3 nitrogen and oxygen atoms in total. The number of nitrogens with zero attached hydrogens (tertiary/aromatic N) is 1. The van der Waals surface area contributed by atoms with Crippen LogP contribution in [0.25, 0.3) is 6.08 Å². The summed E-state index contributed by atoms with van der Waals surface area (Å²) >= 11 is 0. The predicted octanol–water partition coefficient (Wildman–Crippen LogP) is 3.49. The topological polar surface area (TPSA) is 40.5 Å². The maximum atomic E-state index is 12.2. The van der Waals surface area contributed by atoms with Crippen molar-refractivity contribution in [2.45, 2.75) is 39.0 Å². The minimum Gasteiger partial charge on any atom is -0.396 e. The number of hydrogen-bond donors (Lipinski definition) is 1. The molecule has 0 aromatic heterocycles. The minimum atomic E-state index is 0.0456. The fourth-order valence-corrected chi connectivity index (χ4v) is 3.00. The van der Waals surface area contributed by atoms with E-state index in [9.17, 15) is 9.90 Å². The van der Waals surface area contributed by atoms with Crippen LogP contribution in [0.2, 0.25) is 0 Å². The van der Waals surface area contributed by atoms with Crippen LogP contribution >= 0.6 is 0 Å². The Balaban J connectivity index is 1.73. The number of benzene rings is 1. The van der Waals surface area contributed by atoms with Crippen LogP contribution in [-0.4, -0.2) is 35.6 Å². The molecule has 1 aromatic carbocycles. The van der Waals surface area contributed by atoms with Crippen molar-refractivity contribution in [3.63, 3.8) is 0 Å². The zero-order valence-corrected chi connectivity index (χ0v) is 13.5. The van der Waals surface area contributed by atoms with Gasteiger partial charge in [-0.2, -0.15) is 0 Å². The van der Waals surface area contributed by atoms with Gasteiger partial charge in [-0.15, -0.1) is 0 Å². The van der Waals surface area contributed by atoms with E-state index in [2.05, 4.69) is 31.2 Å². The number of amides is 1. The van der Waals surface area contributed by atoms with Crippen molar-refractivity contribution in [3.05, 3.63) is 42.0 Å². The summed E-state index contributed by atoms with van der Waals surface area (Å²) in [6.45, 7) is 3.94. The molecule has 1 aromatic rings. The van der Waals surface area contributed by atoms with Crippen LogP contribution in [0.15, 0.2) is 36.4 Å². The highest BCUT2D eigenvalue weighted by Crippen LogP contribution is 2.34. The monoisotopic (exact) mass is 301 g/mol. The summed E-state index contributed by atoms with van der Waals surface area (Å²) in [5.74, 6) is 0.236. The molecule has 1 amide bonds. The molecule has 3 heteroatoms. The van der Waals surface area contributed by atoms with Crippen LogP contribution in [-0.2, 0) is 4.79 Å². The first kappa shape index (κ1) is 16.8. The Morgan fingerprint density at radius 2 is 1.95 bits per heavy atom. The van der Waals surface area contributed by atoms with Gasteiger partial charge >= 0.3 is 0 Å². The number of piperidine rings is 1. The van der Waals surface area contributed by atoms with E-state index >= 15 is 0 Å². The first-order chi connectivity index (χ1) is 10.7. The van der Waals surface area contributed by atoms with Gasteiger partial charge in [0.2, 0.25) is 5.91 Å². The summed E-state index contributed by atoms with van der Waals surface area (Å²) in [5.41, 5.74) is 1.22. The lowest BCUT2D eigenvalue weighted by Gasteiger charge is -2.40. The molecule has 1 heterocycles. The number of aliphatic hydroxyl groups excluding tert-OH is 1. The second-order valence-corrected chi connectivity index (χ2v) is 6.24. The average molecular weight is 301 g/mol. The van der Waals surface area contributed by atoms with Crippen LogP contribution in [0.1, 0.15) is 44.6 Å². The zero-order chi connectivity index (χ0) is 15.8. The van der Waals surface area contributed by atoms with Gasteiger partial charge in [-0.05, 0) is 36.7 Å². The molecule has 0 bridgehead atoms. The smallest absolute Gasteiger partial charge is 0.222 e. The first-order valence-corrected chi connectivity index (χ1v) is 8.29. The number of likely N-dealkylation sites (tertiary alicyclic amines) is 1. The molecule has 0 aliphatic carbocycles. The van der Waals surface area contributed by atoms with Crippen LogP contribution in [0.3, 0.4) is 0 Å². The number of allylic oxidation sites excluding steroid dienone is 1. The molecule has 1 N–H and O–H groups in total. The third-order valence-electron chi connectivity index (χ3n) is 4.90. The molecule has 0 unspecified atom stereocenters. The van der Waals surface area contributed by atoms with E-state index < -0.39 is 0 Å². The van der Waals surface area contributed by atoms with Crippen molar-refractivity contribution in [3.8, 4) is 0 Å². The lowest BCUT2D eigenvalue weighted by Crippen LogP contribution is -2.44. The molecular formula is C19H27NO2. The molecule has 120 valence electrons. The molecule has 0 saturated carbocycles. The van der Waals surface area contributed by atoms with E-state index in [1.807, 2.05) is 23.1 Å². The van der Waals surface area contributed by atoms with Gasteiger partial charge in [0.25, 0.3) is 0 Å². The molecule has 1 saturated heterocycles. The Morgan fingerprint density at radius 3 is 2.55 bits per heavy atom. The fraction of sp³-hybridized carbons (Fsp3) is 0.526. The maximum Gasteiger partial charge on any atom is 0.222 e. The van der Waals surface area contributed by atoms with Crippen molar-refractivity contribution in [1.82, 2.24) is 4.90 Å². The molecule has 22 heavy (non-hydrogen) atoms. The second kappa shape index (κ2) is 8.14. The second-order valence-electron chi connectivity index (χ2n) is 6.24. The van der Waals surface area contributed by atoms with Gasteiger partial charge in [0, 0.05) is 26.1 Å². The predicted molar refractivity (Wildman–Crippen MR) is 90.3 cm³/mol. The number of aliphatic hydroxyl groups is 1. The molecule has 0 spiro atoms. The third kappa shape index (κ3) is 4.44. The van der Waals surface area contributed by atoms with E-state index in [1.54, 1.807) is 0 Å². The third-order valence-corrected chi connectivity index (χ3v) is 4.90. The Hall–Kier alpha value is -1.61. The van der Waals surface area contributed by atoms with Gasteiger partial charge in [-0.3, -0.25) is 4.79 Å². The van der Waals surface area contributed by atoms with Gasteiger partial charge in [-0.1, -0.05) is 49.4 Å². The fourth-order valence-electron chi connectivity index (χ4n) is 3.00. The lowest BCUT2D eigenvalue weighted by molar-refractivity contribution is -0.134. The summed E-state index contributed by atoms with van der Waals surface area (Å²) in [4.78, 5) is 14.2. The molecule has 1 fully saturated rings. The quantitative estimate of drug-likeness (QED) is 0.873. The van der Waals surface area contributed by atoms with Crippen LogP contribution < -0.4 is 0 Å². The average Bonchev–Trinajstić information content (AvgIpc) is 2.59. The Labute approximate surface area is 133 Å². The van der Waals surface area contributed by atoms with Crippen LogP contribution in [0, 0.1) is 5.41 Å². The van der Waals surface area contributed by atoms with Crippen LogP contribution in [0.4, 0.5) is 0 Å². The van der Waals surface area contributed by atoms with E-state index in [4.69, 9.17) is 0 Å². The summed E-state index contributed by atoms with van der Waals surface area (Å²) in [5, 5.41) is 9.54. The normalized spacial score (nSPS) is 17.8. The summed E-state index contributed by atoms with van der Waals surface area (Å²) in [6.07, 6.45) is 8.33. The lowest BCUT2D eigenvalue weighted by atomic mass is 9.77. The molecular weight excluding hydrogens is 274 g/mol. The number of rotatable bonds is 6. The van der Waals surface area contributed by atoms with Crippen molar-refractivity contribution in [2.75, 3.05) is 19.7 Å². The van der Waals surface area contributed by atoms with Crippen molar-refractivity contribution in [1.29, 1.82) is 0 Å². The Bertz CT molecular complexity index is 481. The highest BCUT2D eigenvalue weighted by atomic mass is 16.3. The highest BCUT2D eigenvalue weighted by molar-refractivity contribution is 5.76. The number of hydrogen-bond acceptors (Lipinski definition) is 2. The number of carbonyl (C=O) groups is 1.